The van der Waals surface area contributed by atoms with Gasteiger partial charge in [-0.2, -0.15) is 13.2 Å². The lowest BCUT2D eigenvalue weighted by Crippen LogP contribution is -2.18. The number of aromatic amines is 1. The zero-order chi connectivity index (χ0) is 17.0. The summed E-state index contributed by atoms with van der Waals surface area (Å²) in [5.74, 6) is -0.738. The predicted octanol–water partition coefficient (Wildman–Crippen LogP) is 3.17. The highest BCUT2D eigenvalue weighted by Gasteiger charge is 2.33. The Morgan fingerprint density at radius 3 is 2.70 bits per heavy atom. The molecule has 0 atom stereocenters. The Balaban J connectivity index is 2.03. The number of aromatic nitrogens is 2. The summed E-state index contributed by atoms with van der Waals surface area (Å²) in [6, 6.07) is 6.86. The number of benzene rings is 1. The van der Waals surface area contributed by atoms with Gasteiger partial charge in [0.1, 0.15) is 0 Å². The molecule has 0 aliphatic carbocycles. The molecule has 0 saturated heterocycles. The summed E-state index contributed by atoms with van der Waals surface area (Å²) in [6.07, 6.45) is -4.73. The van der Waals surface area contributed by atoms with E-state index in [4.69, 9.17) is 11.6 Å². The molecule has 23 heavy (non-hydrogen) atoms. The van der Waals surface area contributed by atoms with Gasteiger partial charge in [0.25, 0.3) is 5.56 Å². The normalized spacial score (nSPS) is 11.3. The van der Waals surface area contributed by atoms with Gasteiger partial charge in [0.2, 0.25) is 5.91 Å². The van der Waals surface area contributed by atoms with Crippen molar-refractivity contribution in [1.82, 2.24) is 9.97 Å². The lowest BCUT2D eigenvalue weighted by Gasteiger charge is -2.08. The van der Waals surface area contributed by atoms with Crippen molar-refractivity contribution >= 4 is 35.0 Å². The van der Waals surface area contributed by atoms with Crippen LogP contribution in [0.5, 0.6) is 0 Å². The molecule has 0 unspecified atom stereocenters. The number of hydrogen-bond donors (Lipinski definition) is 2. The van der Waals surface area contributed by atoms with Gasteiger partial charge < -0.3 is 10.3 Å². The van der Waals surface area contributed by atoms with Crippen LogP contribution in [-0.2, 0) is 11.0 Å². The number of alkyl halides is 3. The van der Waals surface area contributed by atoms with Crippen molar-refractivity contribution in [2.45, 2.75) is 11.3 Å². The van der Waals surface area contributed by atoms with Crippen LogP contribution in [0.25, 0.3) is 0 Å². The third-order valence-electron chi connectivity index (χ3n) is 2.50. The van der Waals surface area contributed by atoms with E-state index >= 15 is 0 Å². The van der Waals surface area contributed by atoms with E-state index in [0.29, 0.717) is 28.5 Å². The molecule has 10 heteroatoms. The van der Waals surface area contributed by atoms with Gasteiger partial charge in [-0.05, 0) is 12.1 Å². The molecule has 0 aliphatic rings. The van der Waals surface area contributed by atoms with Crippen LogP contribution >= 0.6 is 23.4 Å². The van der Waals surface area contributed by atoms with Gasteiger partial charge in [-0.25, -0.2) is 4.98 Å². The molecular weight excluding hydrogens is 355 g/mol. The number of thioether (sulfide) groups is 1. The first-order chi connectivity index (χ1) is 10.8. The average molecular weight is 364 g/mol. The molecular formula is C13H9ClF3N3O2S. The number of anilines is 1. The van der Waals surface area contributed by atoms with E-state index in [2.05, 4.69) is 15.3 Å². The molecule has 0 radical (unpaired) electrons. The Morgan fingerprint density at radius 1 is 1.35 bits per heavy atom. The quantitative estimate of drug-likeness (QED) is 0.646. The molecule has 1 aromatic carbocycles. The second kappa shape index (κ2) is 7.05. The first kappa shape index (κ1) is 17.4. The Bertz CT molecular complexity index is 780. The monoisotopic (exact) mass is 363 g/mol. The smallest absolute Gasteiger partial charge is 0.324 e. The Labute approximate surface area is 137 Å². The Hall–Kier alpha value is -2.00. The largest absolute Gasteiger partial charge is 0.433 e. The summed E-state index contributed by atoms with van der Waals surface area (Å²) < 4.78 is 37.7. The number of nitrogens with one attached hydrogen (secondary N) is 2. The molecule has 0 saturated carbocycles. The zero-order valence-corrected chi connectivity index (χ0v) is 12.9. The molecule has 1 amide bonds. The Kier molecular flexibility index (Phi) is 5.32. The molecule has 122 valence electrons. The van der Waals surface area contributed by atoms with E-state index in [1.165, 1.54) is 0 Å². The maximum Gasteiger partial charge on any atom is 0.433 e. The fourth-order valence-electron chi connectivity index (χ4n) is 1.53. The Morgan fingerprint density at radius 2 is 2.04 bits per heavy atom. The minimum absolute atomic E-state index is 0.241. The molecule has 0 bridgehead atoms. The van der Waals surface area contributed by atoms with Crippen LogP contribution < -0.4 is 10.9 Å². The fourth-order valence-corrected chi connectivity index (χ4v) is 2.39. The second-order valence-electron chi connectivity index (χ2n) is 4.25. The maximum atomic E-state index is 12.6. The zero-order valence-electron chi connectivity index (χ0n) is 11.3. The lowest BCUT2D eigenvalue weighted by atomic mass is 10.3. The first-order valence-electron chi connectivity index (χ1n) is 6.11. The van der Waals surface area contributed by atoms with Gasteiger partial charge in [0.15, 0.2) is 10.9 Å². The highest BCUT2D eigenvalue weighted by molar-refractivity contribution is 7.99. The maximum absolute atomic E-state index is 12.6. The minimum Gasteiger partial charge on any atom is -0.324 e. The third-order valence-corrected chi connectivity index (χ3v) is 3.70. The molecule has 2 rings (SSSR count). The number of para-hydroxylation sites is 1. The number of carbonyl (C=O) groups is 1. The molecule has 0 fully saturated rings. The number of carbonyl (C=O) groups excluding carboxylic acids is 1. The van der Waals surface area contributed by atoms with Crippen molar-refractivity contribution in [3.05, 3.63) is 51.4 Å². The SMILES string of the molecule is O=C(CSc1nc(C(F)(F)F)cc(=O)[nH]1)Nc1ccccc1Cl. The number of amides is 1. The van der Waals surface area contributed by atoms with Crippen molar-refractivity contribution in [2.75, 3.05) is 11.1 Å². The molecule has 0 aliphatic heterocycles. The third kappa shape index (κ3) is 5.00. The van der Waals surface area contributed by atoms with Gasteiger partial charge in [0.05, 0.1) is 16.5 Å². The first-order valence-corrected chi connectivity index (χ1v) is 7.48. The van der Waals surface area contributed by atoms with E-state index < -0.39 is 23.3 Å². The van der Waals surface area contributed by atoms with E-state index in [1.54, 1.807) is 24.3 Å². The van der Waals surface area contributed by atoms with Crippen LogP contribution in [0.2, 0.25) is 5.02 Å². The highest BCUT2D eigenvalue weighted by atomic mass is 35.5. The van der Waals surface area contributed by atoms with Crippen molar-refractivity contribution in [1.29, 1.82) is 0 Å². The number of rotatable bonds is 4. The van der Waals surface area contributed by atoms with Gasteiger partial charge >= 0.3 is 6.18 Å². The van der Waals surface area contributed by atoms with Gasteiger partial charge in [-0.1, -0.05) is 35.5 Å². The molecule has 1 heterocycles. The van der Waals surface area contributed by atoms with Crippen molar-refractivity contribution in [3.63, 3.8) is 0 Å². The van der Waals surface area contributed by atoms with E-state index in [9.17, 15) is 22.8 Å². The van der Waals surface area contributed by atoms with Crippen molar-refractivity contribution < 1.29 is 18.0 Å². The summed E-state index contributed by atoms with van der Waals surface area (Å²) >= 11 is 6.55. The van der Waals surface area contributed by atoms with Crippen LogP contribution in [0.1, 0.15) is 5.69 Å². The summed E-state index contributed by atoms with van der Waals surface area (Å²) in [5, 5.41) is 2.54. The van der Waals surface area contributed by atoms with Crippen LogP contribution in [0.3, 0.4) is 0 Å². The average Bonchev–Trinajstić information content (AvgIpc) is 2.46. The van der Waals surface area contributed by atoms with Crippen LogP contribution in [0.15, 0.2) is 40.3 Å². The van der Waals surface area contributed by atoms with Gasteiger partial charge in [0, 0.05) is 6.07 Å². The number of H-pyrrole nitrogens is 1. The summed E-state index contributed by atoms with van der Waals surface area (Å²) in [5.41, 5.74) is -1.87. The number of halogens is 4. The standard InChI is InChI=1S/C13H9ClF3N3O2S/c14-7-3-1-2-4-8(7)18-11(22)6-23-12-19-9(13(15,16)17)5-10(21)20-12/h1-5H,6H2,(H,18,22)(H,19,20,21). The second-order valence-corrected chi connectivity index (χ2v) is 5.62. The predicted molar refractivity (Wildman–Crippen MR) is 80.7 cm³/mol. The van der Waals surface area contributed by atoms with E-state index in [-0.39, 0.29) is 10.9 Å². The molecule has 0 spiro atoms. The molecule has 1 aromatic heterocycles. The van der Waals surface area contributed by atoms with Gasteiger partial charge in [-0.15, -0.1) is 0 Å². The topological polar surface area (TPSA) is 74.8 Å². The van der Waals surface area contributed by atoms with Crippen LogP contribution in [0, 0.1) is 0 Å². The number of nitrogens with zero attached hydrogens (tertiary/aromatic N) is 1. The van der Waals surface area contributed by atoms with Crippen LogP contribution in [-0.4, -0.2) is 21.6 Å². The molecule has 2 aromatic rings. The summed E-state index contributed by atoms with van der Waals surface area (Å²) in [7, 11) is 0. The van der Waals surface area contributed by atoms with E-state index in [1.807, 2.05) is 0 Å². The lowest BCUT2D eigenvalue weighted by molar-refractivity contribution is -0.141. The van der Waals surface area contributed by atoms with Crippen molar-refractivity contribution in [2.24, 2.45) is 0 Å². The summed E-state index contributed by atoms with van der Waals surface area (Å²) in [6.45, 7) is 0. The summed E-state index contributed by atoms with van der Waals surface area (Å²) in [4.78, 5) is 28.4. The number of hydrogen-bond acceptors (Lipinski definition) is 4. The molecule has 5 nitrogen and oxygen atoms in total. The highest BCUT2D eigenvalue weighted by Crippen LogP contribution is 2.27. The fraction of sp³-hybridized carbons (Fsp3) is 0.154. The van der Waals surface area contributed by atoms with Crippen LogP contribution in [0.4, 0.5) is 18.9 Å². The van der Waals surface area contributed by atoms with E-state index in [0.717, 1.165) is 0 Å². The van der Waals surface area contributed by atoms with Gasteiger partial charge in [-0.3, -0.25) is 9.59 Å². The van der Waals surface area contributed by atoms with Crippen molar-refractivity contribution in [3.8, 4) is 0 Å². The minimum atomic E-state index is -4.73. The molecule has 2 N–H and O–H groups in total.